The minimum absolute atomic E-state index is 0.0850. The molecule has 5 nitrogen and oxygen atoms in total. The molecule has 0 spiro atoms. The number of aryl methyl sites for hydroxylation is 2. The second kappa shape index (κ2) is 12.1. The molecule has 1 aliphatic carbocycles. The molecular formula is C27H35ClN2O3. The van der Waals surface area contributed by atoms with Gasteiger partial charge in [-0.15, -0.1) is 0 Å². The molecule has 6 heteroatoms. The Morgan fingerprint density at radius 2 is 1.79 bits per heavy atom. The van der Waals surface area contributed by atoms with Crippen molar-refractivity contribution in [3.05, 3.63) is 64.2 Å². The topological polar surface area (TPSA) is 58.6 Å². The van der Waals surface area contributed by atoms with Gasteiger partial charge in [0.2, 0.25) is 5.91 Å². The van der Waals surface area contributed by atoms with E-state index in [9.17, 15) is 9.59 Å². The van der Waals surface area contributed by atoms with E-state index in [0.717, 1.165) is 42.4 Å². The number of nitrogens with one attached hydrogen (secondary N) is 1. The van der Waals surface area contributed by atoms with Crippen LogP contribution in [0, 0.1) is 13.8 Å². The van der Waals surface area contributed by atoms with Crippen molar-refractivity contribution in [1.82, 2.24) is 10.2 Å². The van der Waals surface area contributed by atoms with E-state index >= 15 is 0 Å². The van der Waals surface area contributed by atoms with Gasteiger partial charge < -0.3 is 15.0 Å². The van der Waals surface area contributed by atoms with Gasteiger partial charge in [-0.2, -0.15) is 0 Å². The van der Waals surface area contributed by atoms with E-state index in [-0.39, 0.29) is 24.5 Å². The van der Waals surface area contributed by atoms with Gasteiger partial charge in [0.15, 0.2) is 6.61 Å². The lowest BCUT2D eigenvalue weighted by Gasteiger charge is -2.32. The van der Waals surface area contributed by atoms with E-state index in [1.165, 1.54) is 6.42 Å². The first-order valence-electron chi connectivity index (χ1n) is 11.9. The first kappa shape index (κ1) is 25.1. The summed E-state index contributed by atoms with van der Waals surface area (Å²) in [5.41, 5.74) is 3.04. The molecule has 0 unspecified atom stereocenters. The first-order chi connectivity index (χ1) is 15.9. The Labute approximate surface area is 202 Å². The smallest absolute Gasteiger partial charge is 0.261 e. The van der Waals surface area contributed by atoms with Crippen LogP contribution in [0.2, 0.25) is 5.02 Å². The highest BCUT2D eigenvalue weighted by molar-refractivity contribution is 6.30. The fourth-order valence-corrected chi connectivity index (χ4v) is 4.56. The third-order valence-electron chi connectivity index (χ3n) is 6.29. The molecule has 0 radical (unpaired) electrons. The first-order valence-corrected chi connectivity index (χ1v) is 12.3. The van der Waals surface area contributed by atoms with Crippen LogP contribution < -0.4 is 10.1 Å². The lowest BCUT2D eigenvalue weighted by atomic mass is 9.95. The normalized spacial score (nSPS) is 15.0. The zero-order chi connectivity index (χ0) is 23.8. The van der Waals surface area contributed by atoms with Gasteiger partial charge in [0.1, 0.15) is 11.8 Å². The van der Waals surface area contributed by atoms with Crippen LogP contribution in [0.5, 0.6) is 5.75 Å². The van der Waals surface area contributed by atoms with Crippen molar-refractivity contribution in [1.29, 1.82) is 0 Å². The molecule has 3 rings (SSSR count). The highest BCUT2D eigenvalue weighted by atomic mass is 35.5. The summed E-state index contributed by atoms with van der Waals surface area (Å²) < 4.78 is 5.87. The van der Waals surface area contributed by atoms with Crippen molar-refractivity contribution in [2.24, 2.45) is 0 Å². The van der Waals surface area contributed by atoms with Crippen molar-refractivity contribution < 1.29 is 14.3 Å². The molecule has 2 aromatic rings. The molecule has 2 aromatic carbocycles. The molecule has 0 aromatic heterocycles. The second-order valence-corrected chi connectivity index (χ2v) is 9.41. The third kappa shape index (κ3) is 7.23. The predicted molar refractivity (Wildman–Crippen MR) is 133 cm³/mol. The van der Waals surface area contributed by atoms with Crippen LogP contribution in [0.15, 0.2) is 42.5 Å². The number of hydrogen-bond acceptors (Lipinski definition) is 3. The monoisotopic (exact) mass is 470 g/mol. The maximum atomic E-state index is 13.4. The fourth-order valence-electron chi connectivity index (χ4n) is 4.43. The highest BCUT2D eigenvalue weighted by Gasteiger charge is 2.30. The molecule has 2 amide bonds. The Kier molecular flexibility index (Phi) is 9.19. The summed E-state index contributed by atoms with van der Waals surface area (Å²) in [6, 6.07) is 12.9. The van der Waals surface area contributed by atoms with Crippen LogP contribution in [0.25, 0.3) is 0 Å². The van der Waals surface area contributed by atoms with Gasteiger partial charge in [-0.1, -0.05) is 67.6 Å². The molecule has 0 heterocycles. The van der Waals surface area contributed by atoms with Crippen molar-refractivity contribution in [3.8, 4) is 5.75 Å². The molecule has 0 bridgehead atoms. The number of rotatable bonds is 9. The van der Waals surface area contributed by atoms with Gasteiger partial charge in [-0.25, -0.2) is 0 Å². The van der Waals surface area contributed by atoms with Crippen LogP contribution in [0.1, 0.15) is 62.1 Å². The summed E-state index contributed by atoms with van der Waals surface area (Å²) in [5.74, 6) is 0.383. The average Bonchev–Trinajstić information content (AvgIpc) is 2.80. The Hall–Kier alpha value is -2.53. The molecule has 1 atom stereocenters. The SMILES string of the molecule is CC[C@@H](C(=O)NC1CCCCC1)N(Cc1ccc(Cl)cc1)C(=O)COc1ccc(C)cc1C. The Bertz CT molecular complexity index is 939. The number of halogens is 1. The summed E-state index contributed by atoms with van der Waals surface area (Å²) in [6.45, 7) is 6.13. The van der Waals surface area contributed by atoms with Crippen molar-refractivity contribution >= 4 is 23.4 Å². The Balaban J connectivity index is 1.76. The number of carbonyl (C=O) groups excluding carboxylic acids is 2. The highest BCUT2D eigenvalue weighted by Crippen LogP contribution is 2.21. The lowest BCUT2D eigenvalue weighted by Crippen LogP contribution is -2.52. The summed E-state index contributed by atoms with van der Waals surface area (Å²) in [7, 11) is 0. The number of benzene rings is 2. The quantitative estimate of drug-likeness (QED) is 0.519. The van der Waals surface area contributed by atoms with Gasteiger partial charge in [0.05, 0.1) is 0 Å². The molecule has 178 valence electrons. The summed E-state index contributed by atoms with van der Waals surface area (Å²) >= 11 is 6.04. The van der Waals surface area contributed by atoms with Gasteiger partial charge in [0, 0.05) is 17.6 Å². The summed E-state index contributed by atoms with van der Waals surface area (Å²) in [4.78, 5) is 28.2. The molecule has 33 heavy (non-hydrogen) atoms. The van der Waals surface area contributed by atoms with E-state index in [2.05, 4.69) is 5.32 Å². The van der Waals surface area contributed by atoms with Gasteiger partial charge >= 0.3 is 0 Å². The minimum Gasteiger partial charge on any atom is -0.483 e. The minimum atomic E-state index is -0.558. The standard InChI is InChI=1S/C27H35ClN2O3/c1-4-24(27(32)29-23-8-6-5-7-9-23)30(17-21-11-13-22(28)14-12-21)26(31)18-33-25-15-10-19(2)16-20(25)3/h10-16,23-24H,4-9,17-18H2,1-3H3,(H,29,32)/t24-/m0/s1. The summed E-state index contributed by atoms with van der Waals surface area (Å²) in [5, 5.41) is 3.83. The third-order valence-corrected chi connectivity index (χ3v) is 6.54. The van der Waals surface area contributed by atoms with E-state index in [0.29, 0.717) is 23.7 Å². The van der Waals surface area contributed by atoms with Crippen LogP contribution >= 0.6 is 11.6 Å². The summed E-state index contributed by atoms with van der Waals surface area (Å²) in [6.07, 6.45) is 6.03. The fraction of sp³-hybridized carbons (Fsp3) is 0.481. The molecule has 0 aliphatic heterocycles. The number of amides is 2. The van der Waals surface area contributed by atoms with E-state index in [1.54, 1.807) is 17.0 Å². The van der Waals surface area contributed by atoms with Gasteiger partial charge in [-0.3, -0.25) is 9.59 Å². The maximum Gasteiger partial charge on any atom is 0.261 e. The van der Waals surface area contributed by atoms with Crippen molar-refractivity contribution in [2.75, 3.05) is 6.61 Å². The van der Waals surface area contributed by atoms with Crippen LogP contribution in [-0.4, -0.2) is 35.4 Å². The largest absolute Gasteiger partial charge is 0.483 e. The Morgan fingerprint density at radius 3 is 2.42 bits per heavy atom. The van der Waals surface area contributed by atoms with Crippen LogP contribution in [0.3, 0.4) is 0 Å². The molecule has 1 N–H and O–H groups in total. The second-order valence-electron chi connectivity index (χ2n) is 8.97. The molecule has 0 saturated heterocycles. The van der Waals surface area contributed by atoms with E-state index in [4.69, 9.17) is 16.3 Å². The molecular weight excluding hydrogens is 436 g/mol. The number of nitrogens with zero attached hydrogens (tertiary/aromatic N) is 1. The molecule has 1 fully saturated rings. The maximum absolute atomic E-state index is 13.4. The van der Waals surface area contributed by atoms with Crippen LogP contribution in [0.4, 0.5) is 0 Å². The predicted octanol–water partition coefficient (Wildman–Crippen LogP) is 5.59. The average molecular weight is 471 g/mol. The van der Waals surface area contributed by atoms with Crippen molar-refractivity contribution in [3.63, 3.8) is 0 Å². The lowest BCUT2D eigenvalue weighted by molar-refractivity contribution is -0.143. The molecule has 1 aliphatic rings. The number of ether oxygens (including phenoxy) is 1. The van der Waals surface area contributed by atoms with E-state index in [1.807, 2.05) is 51.1 Å². The number of hydrogen-bond donors (Lipinski definition) is 1. The van der Waals surface area contributed by atoms with Crippen molar-refractivity contribution in [2.45, 2.75) is 77.9 Å². The van der Waals surface area contributed by atoms with Crippen LogP contribution in [-0.2, 0) is 16.1 Å². The zero-order valence-corrected chi connectivity index (χ0v) is 20.7. The van der Waals surface area contributed by atoms with Gasteiger partial charge in [0.25, 0.3) is 5.91 Å². The molecule has 1 saturated carbocycles. The number of carbonyl (C=O) groups is 2. The zero-order valence-electron chi connectivity index (χ0n) is 19.9. The van der Waals surface area contributed by atoms with Gasteiger partial charge in [-0.05, 0) is 62.4 Å². The van der Waals surface area contributed by atoms with E-state index < -0.39 is 6.04 Å². The Morgan fingerprint density at radius 1 is 1.09 bits per heavy atom.